The maximum atomic E-state index is 15.0. The highest BCUT2D eigenvalue weighted by Gasteiger charge is 2.26. The van der Waals surface area contributed by atoms with Crippen LogP contribution >= 0.6 is 0 Å². The molecule has 0 unspecified atom stereocenters. The number of hydrogen-bond acceptors (Lipinski definition) is 7. The number of nitriles is 1. The minimum atomic E-state index is -0.640. The molecule has 0 aliphatic carbocycles. The van der Waals surface area contributed by atoms with E-state index in [0.717, 1.165) is 37.7 Å². The van der Waals surface area contributed by atoms with E-state index in [1.54, 1.807) is 6.07 Å². The first-order valence-electron chi connectivity index (χ1n) is 12.7. The molecule has 5 rings (SSSR count). The minimum Gasteiger partial charge on any atom is -0.486 e. The summed E-state index contributed by atoms with van der Waals surface area (Å²) in [4.78, 5) is 17.5. The zero-order chi connectivity index (χ0) is 26.1. The number of likely N-dealkylation sites (tertiary alicyclic amines) is 1. The summed E-state index contributed by atoms with van der Waals surface area (Å²) in [6.45, 7) is 7.03. The number of hydrogen-bond donors (Lipinski definition) is 0. The molecule has 0 radical (unpaired) electrons. The third-order valence-corrected chi connectivity index (χ3v) is 7.19. The Balaban J connectivity index is 1.44. The fourth-order valence-corrected chi connectivity index (χ4v) is 5.18. The molecular weight excluding hydrogens is 474 g/mol. The molecule has 0 N–H and O–H groups in total. The van der Waals surface area contributed by atoms with E-state index < -0.39 is 11.6 Å². The highest BCUT2D eigenvalue weighted by atomic mass is 19.1. The second-order valence-corrected chi connectivity index (χ2v) is 10.0. The SMILES string of the molecule is CC(C)N1CCOc2c(F)cc(-c3nc(Cc4ccc(C5CCN(C)CC5)c(C#N)n4)ncc3F)cc21. The van der Waals surface area contributed by atoms with Gasteiger partial charge in [0.05, 0.1) is 24.8 Å². The first kappa shape index (κ1) is 25.0. The first-order valence-corrected chi connectivity index (χ1v) is 12.7. The molecule has 0 bridgehead atoms. The van der Waals surface area contributed by atoms with Crippen LogP contribution in [0.5, 0.6) is 5.75 Å². The van der Waals surface area contributed by atoms with Crippen LogP contribution < -0.4 is 9.64 Å². The van der Waals surface area contributed by atoms with Crippen molar-refractivity contribution in [1.82, 2.24) is 19.9 Å². The van der Waals surface area contributed by atoms with Crippen molar-refractivity contribution in [2.24, 2.45) is 0 Å². The molecule has 192 valence electrons. The summed E-state index contributed by atoms with van der Waals surface area (Å²) in [6, 6.07) is 9.19. The van der Waals surface area contributed by atoms with E-state index in [0.29, 0.717) is 47.5 Å². The molecule has 1 saturated heterocycles. The van der Waals surface area contributed by atoms with Crippen molar-refractivity contribution in [2.45, 2.75) is 45.1 Å². The standard InChI is InChI=1S/C28H30F2N6O/c1-17(2)36-10-11-37-28-22(29)12-19(13-25(28)36)27-23(30)16-32-26(34-27)14-20-4-5-21(24(15-31)33-20)18-6-8-35(3)9-7-18/h4-5,12-13,16-18H,6-11,14H2,1-3H3. The smallest absolute Gasteiger partial charge is 0.178 e. The topological polar surface area (TPSA) is 78.2 Å². The first-order chi connectivity index (χ1) is 17.8. The number of fused-ring (bicyclic) bond motifs is 1. The summed E-state index contributed by atoms with van der Waals surface area (Å²) in [7, 11) is 2.10. The van der Waals surface area contributed by atoms with Crippen LogP contribution in [0.1, 0.15) is 55.4 Å². The number of pyridine rings is 1. The Morgan fingerprint density at radius 1 is 1.11 bits per heavy atom. The highest BCUT2D eigenvalue weighted by molar-refractivity contribution is 5.72. The lowest BCUT2D eigenvalue weighted by molar-refractivity contribution is 0.255. The van der Waals surface area contributed by atoms with E-state index in [4.69, 9.17) is 4.74 Å². The Labute approximate surface area is 215 Å². The molecule has 1 fully saturated rings. The summed E-state index contributed by atoms with van der Waals surface area (Å²) in [5, 5.41) is 9.75. The number of halogens is 2. The number of rotatable bonds is 5. The molecule has 0 atom stereocenters. The van der Waals surface area contributed by atoms with E-state index in [2.05, 4.69) is 33.0 Å². The summed E-state index contributed by atoms with van der Waals surface area (Å²) in [6.07, 6.45) is 3.31. The normalized spacial score (nSPS) is 16.4. The molecule has 2 aliphatic heterocycles. The van der Waals surface area contributed by atoms with Crippen LogP contribution in [0.4, 0.5) is 14.5 Å². The fraction of sp³-hybridized carbons (Fsp3) is 0.429. The van der Waals surface area contributed by atoms with Crippen LogP contribution in [0, 0.1) is 23.0 Å². The van der Waals surface area contributed by atoms with Gasteiger partial charge in [-0.3, -0.25) is 0 Å². The van der Waals surface area contributed by atoms with E-state index in [1.807, 2.05) is 30.9 Å². The van der Waals surface area contributed by atoms with Gasteiger partial charge in [0.15, 0.2) is 17.4 Å². The second kappa shape index (κ2) is 10.4. The predicted octanol–water partition coefficient (Wildman–Crippen LogP) is 4.70. The lowest BCUT2D eigenvalue weighted by Crippen LogP contribution is -2.38. The molecule has 37 heavy (non-hydrogen) atoms. The molecule has 2 aromatic heterocycles. The van der Waals surface area contributed by atoms with Gasteiger partial charge in [-0.2, -0.15) is 5.26 Å². The predicted molar refractivity (Wildman–Crippen MR) is 137 cm³/mol. The van der Waals surface area contributed by atoms with Crippen LogP contribution in [0.2, 0.25) is 0 Å². The number of anilines is 1. The maximum absolute atomic E-state index is 15.0. The number of piperidine rings is 1. The quantitative estimate of drug-likeness (QED) is 0.499. The van der Waals surface area contributed by atoms with Crippen molar-refractivity contribution in [3.05, 3.63) is 64.9 Å². The highest BCUT2D eigenvalue weighted by Crippen LogP contribution is 2.39. The fourth-order valence-electron chi connectivity index (χ4n) is 5.18. The summed E-state index contributed by atoms with van der Waals surface area (Å²) < 4.78 is 35.4. The molecule has 9 heteroatoms. The van der Waals surface area contributed by atoms with Crippen molar-refractivity contribution in [3.63, 3.8) is 0 Å². The lowest BCUT2D eigenvalue weighted by Gasteiger charge is -2.34. The second-order valence-electron chi connectivity index (χ2n) is 10.0. The van der Waals surface area contributed by atoms with E-state index in [-0.39, 0.29) is 23.9 Å². The van der Waals surface area contributed by atoms with Gasteiger partial charge in [-0.05, 0) is 76.5 Å². The van der Waals surface area contributed by atoms with Crippen LogP contribution in [0.25, 0.3) is 11.3 Å². The molecule has 0 spiro atoms. The zero-order valence-corrected chi connectivity index (χ0v) is 21.3. The third-order valence-electron chi connectivity index (χ3n) is 7.19. The molecule has 2 aliphatic rings. The van der Waals surface area contributed by atoms with Gasteiger partial charge in [-0.15, -0.1) is 0 Å². The zero-order valence-electron chi connectivity index (χ0n) is 21.3. The molecule has 1 aromatic carbocycles. The minimum absolute atomic E-state index is 0.0180. The Kier molecular flexibility index (Phi) is 7.02. The number of benzene rings is 1. The lowest BCUT2D eigenvalue weighted by atomic mass is 9.88. The van der Waals surface area contributed by atoms with Crippen LogP contribution in [-0.4, -0.2) is 59.2 Å². The van der Waals surface area contributed by atoms with Gasteiger partial charge in [-0.1, -0.05) is 6.07 Å². The van der Waals surface area contributed by atoms with Gasteiger partial charge in [-0.25, -0.2) is 23.7 Å². The molecule has 0 saturated carbocycles. The van der Waals surface area contributed by atoms with Crippen molar-refractivity contribution in [1.29, 1.82) is 5.26 Å². The Hall–Kier alpha value is -3.64. The molecule has 4 heterocycles. The average Bonchev–Trinajstić information content (AvgIpc) is 2.90. The van der Waals surface area contributed by atoms with Crippen molar-refractivity contribution >= 4 is 5.69 Å². The Morgan fingerprint density at radius 2 is 1.89 bits per heavy atom. The van der Waals surface area contributed by atoms with Crippen molar-refractivity contribution in [3.8, 4) is 23.1 Å². The number of ether oxygens (including phenoxy) is 1. The molecule has 0 amide bonds. The van der Waals surface area contributed by atoms with Crippen LogP contribution in [-0.2, 0) is 6.42 Å². The van der Waals surface area contributed by atoms with E-state index in [9.17, 15) is 14.0 Å². The van der Waals surface area contributed by atoms with E-state index in [1.165, 1.54) is 6.07 Å². The molecule has 3 aromatic rings. The Morgan fingerprint density at radius 3 is 2.62 bits per heavy atom. The summed E-state index contributed by atoms with van der Waals surface area (Å²) in [5.41, 5.74) is 2.94. The van der Waals surface area contributed by atoms with Gasteiger partial charge in [0.25, 0.3) is 0 Å². The van der Waals surface area contributed by atoms with Crippen molar-refractivity contribution < 1.29 is 13.5 Å². The number of aromatic nitrogens is 3. The van der Waals surface area contributed by atoms with Gasteiger partial charge < -0.3 is 14.5 Å². The van der Waals surface area contributed by atoms with Gasteiger partial charge in [0, 0.05) is 17.3 Å². The van der Waals surface area contributed by atoms with Crippen molar-refractivity contribution in [2.75, 3.05) is 38.2 Å². The monoisotopic (exact) mass is 504 g/mol. The Bertz CT molecular complexity index is 1350. The summed E-state index contributed by atoms with van der Waals surface area (Å²) in [5.74, 6) is -0.359. The molecule has 7 nitrogen and oxygen atoms in total. The van der Waals surface area contributed by atoms with Crippen LogP contribution in [0.15, 0.2) is 30.5 Å². The van der Waals surface area contributed by atoms with E-state index >= 15 is 0 Å². The summed E-state index contributed by atoms with van der Waals surface area (Å²) >= 11 is 0. The van der Waals surface area contributed by atoms with Crippen LogP contribution in [0.3, 0.4) is 0 Å². The van der Waals surface area contributed by atoms with Gasteiger partial charge in [0.1, 0.15) is 29.9 Å². The van der Waals surface area contributed by atoms with Gasteiger partial charge in [0.2, 0.25) is 0 Å². The maximum Gasteiger partial charge on any atom is 0.178 e. The number of nitrogens with zero attached hydrogens (tertiary/aromatic N) is 6. The largest absolute Gasteiger partial charge is 0.486 e. The third kappa shape index (κ3) is 5.12. The average molecular weight is 505 g/mol. The van der Waals surface area contributed by atoms with Gasteiger partial charge >= 0.3 is 0 Å². The molecular formula is C28H30F2N6O.